The highest BCUT2D eigenvalue weighted by atomic mass is 19.3. The summed E-state index contributed by atoms with van der Waals surface area (Å²) in [4.78, 5) is 12.1. The van der Waals surface area contributed by atoms with Crippen LogP contribution in [-0.2, 0) is 4.79 Å². The van der Waals surface area contributed by atoms with Gasteiger partial charge in [-0.25, -0.2) is 0 Å². The molecular formula is C15H20F2N2O2. The Hall–Kier alpha value is -1.69. The lowest BCUT2D eigenvalue weighted by atomic mass is 10.00. The highest BCUT2D eigenvalue weighted by Crippen LogP contribution is 2.31. The molecule has 1 aliphatic carbocycles. The molecule has 2 atom stereocenters. The van der Waals surface area contributed by atoms with Crippen LogP contribution in [0, 0.1) is 12.8 Å². The Bertz CT molecular complexity index is 508. The van der Waals surface area contributed by atoms with Crippen LogP contribution in [0.3, 0.4) is 0 Å². The monoisotopic (exact) mass is 298 g/mol. The molecule has 6 heteroatoms. The lowest BCUT2D eigenvalue weighted by Crippen LogP contribution is -2.28. The van der Waals surface area contributed by atoms with Gasteiger partial charge in [-0.3, -0.25) is 4.79 Å². The van der Waals surface area contributed by atoms with E-state index in [-0.39, 0.29) is 23.6 Å². The van der Waals surface area contributed by atoms with Crippen molar-refractivity contribution in [2.75, 3.05) is 5.32 Å². The first kappa shape index (κ1) is 15.7. The van der Waals surface area contributed by atoms with Crippen LogP contribution in [0.25, 0.3) is 0 Å². The van der Waals surface area contributed by atoms with Crippen molar-refractivity contribution in [3.63, 3.8) is 0 Å². The maximum absolute atomic E-state index is 12.4. The number of carbonyl (C=O) groups excluding carboxylic acids is 1. The van der Waals surface area contributed by atoms with E-state index in [1.807, 2.05) is 0 Å². The van der Waals surface area contributed by atoms with E-state index < -0.39 is 6.61 Å². The number of benzene rings is 1. The third-order valence-electron chi connectivity index (χ3n) is 3.88. The van der Waals surface area contributed by atoms with E-state index in [2.05, 4.69) is 10.1 Å². The molecule has 1 aromatic carbocycles. The average molecular weight is 298 g/mol. The van der Waals surface area contributed by atoms with Gasteiger partial charge in [0.05, 0.1) is 5.69 Å². The molecule has 2 rings (SSSR count). The number of rotatable bonds is 5. The van der Waals surface area contributed by atoms with Crippen molar-refractivity contribution < 1.29 is 18.3 Å². The average Bonchev–Trinajstić information content (AvgIpc) is 2.79. The van der Waals surface area contributed by atoms with Crippen molar-refractivity contribution in [2.24, 2.45) is 11.7 Å². The lowest BCUT2D eigenvalue weighted by molar-refractivity contribution is -0.117. The van der Waals surface area contributed by atoms with E-state index in [4.69, 9.17) is 5.73 Å². The van der Waals surface area contributed by atoms with Crippen LogP contribution in [0.15, 0.2) is 18.2 Å². The summed E-state index contributed by atoms with van der Waals surface area (Å²) >= 11 is 0. The van der Waals surface area contributed by atoms with Crippen molar-refractivity contribution in [3.8, 4) is 5.75 Å². The van der Waals surface area contributed by atoms with Gasteiger partial charge in [0.15, 0.2) is 0 Å². The van der Waals surface area contributed by atoms with Gasteiger partial charge in [-0.1, -0.05) is 18.6 Å². The fourth-order valence-corrected chi connectivity index (χ4v) is 2.74. The number of hydrogen-bond acceptors (Lipinski definition) is 3. The van der Waals surface area contributed by atoms with Gasteiger partial charge in [0, 0.05) is 12.5 Å². The summed E-state index contributed by atoms with van der Waals surface area (Å²) < 4.78 is 29.2. The first-order chi connectivity index (χ1) is 9.97. The molecule has 0 bridgehead atoms. The van der Waals surface area contributed by atoms with E-state index in [1.165, 1.54) is 6.07 Å². The largest absolute Gasteiger partial charge is 0.433 e. The summed E-state index contributed by atoms with van der Waals surface area (Å²) in [5, 5.41) is 2.68. The molecule has 0 spiro atoms. The number of halogens is 2. The van der Waals surface area contributed by atoms with E-state index >= 15 is 0 Å². The van der Waals surface area contributed by atoms with Crippen molar-refractivity contribution in [2.45, 2.75) is 45.3 Å². The first-order valence-corrected chi connectivity index (χ1v) is 7.07. The number of aryl methyl sites for hydroxylation is 1. The van der Waals surface area contributed by atoms with Crippen LogP contribution in [0.4, 0.5) is 14.5 Å². The van der Waals surface area contributed by atoms with Gasteiger partial charge in [-0.2, -0.15) is 8.78 Å². The van der Waals surface area contributed by atoms with Crippen LogP contribution < -0.4 is 15.8 Å². The normalized spacial score (nSPS) is 21.6. The number of ether oxygens (including phenoxy) is 1. The quantitative estimate of drug-likeness (QED) is 0.878. The second-order valence-corrected chi connectivity index (χ2v) is 5.43. The van der Waals surface area contributed by atoms with Crippen LogP contribution in [-0.4, -0.2) is 18.6 Å². The van der Waals surface area contributed by atoms with E-state index in [9.17, 15) is 13.6 Å². The number of amides is 1. The fraction of sp³-hybridized carbons (Fsp3) is 0.533. The molecule has 0 aromatic heterocycles. The molecular weight excluding hydrogens is 278 g/mol. The Kier molecular flexibility index (Phi) is 5.12. The van der Waals surface area contributed by atoms with Crippen molar-refractivity contribution in [1.29, 1.82) is 0 Å². The van der Waals surface area contributed by atoms with Crippen LogP contribution in [0.5, 0.6) is 5.75 Å². The predicted octanol–water partition coefficient (Wildman–Crippen LogP) is 3.05. The molecule has 1 fully saturated rings. The molecule has 1 saturated carbocycles. The summed E-state index contributed by atoms with van der Waals surface area (Å²) in [7, 11) is 0. The summed E-state index contributed by atoms with van der Waals surface area (Å²) in [6, 6.07) is 4.80. The topological polar surface area (TPSA) is 64.3 Å². The molecule has 1 amide bonds. The van der Waals surface area contributed by atoms with Gasteiger partial charge in [0.1, 0.15) is 5.75 Å². The van der Waals surface area contributed by atoms with Gasteiger partial charge in [-0.05, 0) is 37.3 Å². The second kappa shape index (κ2) is 6.85. The number of carbonyl (C=O) groups is 1. The van der Waals surface area contributed by atoms with Crippen molar-refractivity contribution >= 4 is 11.6 Å². The van der Waals surface area contributed by atoms with Gasteiger partial charge in [0.25, 0.3) is 0 Å². The second-order valence-electron chi connectivity index (χ2n) is 5.43. The number of alkyl halides is 2. The van der Waals surface area contributed by atoms with Gasteiger partial charge in [-0.15, -0.1) is 0 Å². The first-order valence-electron chi connectivity index (χ1n) is 7.07. The molecule has 0 aliphatic heterocycles. The summed E-state index contributed by atoms with van der Waals surface area (Å²) in [6.07, 6.45) is 3.21. The summed E-state index contributed by atoms with van der Waals surface area (Å²) in [5.74, 6) is -0.0756. The zero-order valence-corrected chi connectivity index (χ0v) is 11.9. The van der Waals surface area contributed by atoms with Gasteiger partial charge >= 0.3 is 6.61 Å². The highest BCUT2D eigenvalue weighted by Gasteiger charge is 2.26. The molecule has 3 N–H and O–H groups in total. The highest BCUT2D eigenvalue weighted by molar-refractivity contribution is 5.93. The summed E-state index contributed by atoms with van der Waals surface area (Å²) in [6.45, 7) is -1.19. The predicted molar refractivity (Wildman–Crippen MR) is 76.4 cm³/mol. The molecule has 1 aliphatic rings. The molecule has 0 heterocycles. The third kappa shape index (κ3) is 4.14. The Labute approximate surface area is 122 Å². The van der Waals surface area contributed by atoms with E-state index in [0.29, 0.717) is 17.7 Å². The minimum Gasteiger partial charge on any atom is -0.433 e. The van der Waals surface area contributed by atoms with Crippen LogP contribution in [0.1, 0.15) is 31.2 Å². The minimum atomic E-state index is -2.93. The molecule has 21 heavy (non-hydrogen) atoms. The molecule has 1 aromatic rings. The van der Waals surface area contributed by atoms with Gasteiger partial charge in [0.2, 0.25) is 5.91 Å². The smallest absolute Gasteiger partial charge is 0.387 e. The van der Waals surface area contributed by atoms with Gasteiger partial charge < -0.3 is 15.8 Å². The molecule has 0 radical (unpaired) electrons. The third-order valence-corrected chi connectivity index (χ3v) is 3.88. The Morgan fingerprint density at radius 1 is 1.48 bits per heavy atom. The number of nitrogens with two attached hydrogens (primary N) is 1. The number of para-hydroxylation sites is 1. The van der Waals surface area contributed by atoms with E-state index in [0.717, 1.165) is 19.3 Å². The number of anilines is 1. The zero-order valence-electron chi connectivity index (χ0n) is 11.9. The minimum absolute atomic E-state index is 0.0194. The maximum atomic E-state index is 12.4. The van der Waals surface area contributed by atoms with Crippen LogP contribution in [0.2, 0.25) is 0 Å². The summed E-state index contributed by atoms with van der Waals surface area (Å²) in [5.41, 5.74) is 6.92. The molecule has 116 valence electrons. The Morgan fingerprint density at radius 3 is 2.86 bits per heavy atom. The number of nitrogens with one attached hydrogen (secondary N) is 1. The zero-order chi connectivity index (χ0) is 15.4. The molecule has 4 nitrogen and oxygen atoms in total. The van der Waals surface area contributed by atoms with Crippen molar-refractivity contribution in [1.82, 2.24) is 0 Å². The molecule has 0 unspecified atom stereocenters. The Balaban J connectivity index is 2.05. The number of hydrogen-bond donors (Lipinski definition) is 2. The SMILES string of the molecule is Cc1cccc(OC(F)F)c1NC(=O)C[C@@H]1CCC[C@H]1N. The van der Waals surface area contributed by atoms with Crippen LogP contribution >= 0.6 is 0 Å². The fourth-order valence-electron chi connectivity index (χ4n) is 2.74. The Morgan fingerprint density at radius 2 is 2.24 bits per heavy atom. The lowest BCUT2D eigenvalue weighted by Gasteiger charge is -2.17. The maximum Gasteiger partial charge on any atom is 0.387 e. The molecule has 0 saturated heterocycles. The van der Waals surface area contributed by atoms with E-state index in [1.54, 1.807) is 19.1 Å². The van der Waals surface area contributed by atoms with Crippen molar-refractivity contribution in [3.05, 3.63) is 23.8 Å². The standard InChI is InChI=1S/C15H20F2N2O2/c1-9-4-2-7-12(21-15(16)17)14(9)19-13(20)8-10-5-3-6-11(10)18/h2,4,7,10-11,15H,3,5-6,8,18H2,1H3,(H,19,20)/t10-,11+/m0/s1.